The number of hydrogen-bond donors (Lipinski definition) is 1. The standard InChI is InChI=1S/C10H16O3/c1-3-7-5-4-6-10(2,8(7)11)9(12)13/h7H,3-6H2,1-2H3,(H,12,13). The topological polar surface area (TPSA) is 54.4 Å². The number of carboxylic acid groups (broad SMARTS) is 1. The predicted octanol–water partition coefficient (Wildman–Crippen LogP) is 1.86. The lowest BCUT2D eigenvalue weighted by atomic mass is 9.69. The van der Waals surface area contributed by atoms with Gasteiger partial charge in [0.05, 0.1) is 0 Å². The summed E-state index contributed by atoms with van der Waals surface area (Å²) in [7, 11) is 0. The second-order valence-electron chi connectivity index (χ2n) is 4.00. The Morgan fingerprint density at radius 3 is 2.77 bits per heavy atom. The second-order valence-corrected chi connectivity index (χ2v) is 4.00. The Balaban J connectivity index is 2.87. The minimum absolute atomic E-state index is 0.0325. The van der Waals surface area contributed by atoms with Crippen molar-refractivity contribution < 1.29 is 14.7 Å². The number of Topliss-reactive ketones (excluding diaryl/α,β-unsaturated/α-hetero) is 1. The first-order valence-electron chi connectivity index (χ1n) is 4.80. The van der Waals surface area contributed by atoms with Crippen LogP contribution < -0.4 is 0 Å². The molecule has 1 N–H and O–H groups in total. The van der Waals surface area contributed by atoms with Crippen molar-refractivity contribution in [1.82, 2.24) is 0 Å². The normalized spacial score (nSPS) is 34.6. The number of ketones is 1. The van der Waals surface area contributed by atoms with Crippen LogP contribution in [0.2, 0.25) is 0 Å². The van der Waals surface area contributed by atoms with Gasteiger partial charge in [-0.15, -0.1) is 0 Å². The number of carboxylic acids is 1. The molecule has 1 aliphatic rings. The van der Waals surface area contributed by atoms with Gasteiger partial charge in [-0.25, -0.2) is 0 Å². The molecule has 1 rings (SSSR count). The maximum atomic E-state index is 11.7. The van der Waals surface area contributed by atoms with Crippen LogP contribution >= 0.6 is 0 Å². The number of carbonyl (C=O) groups excluding carboxylic acids is 1. The van der Waals surface area contributed by atoms with E-state index in [2.05, 4.69) is 0 Å². The van der Waals surface area contributed by atoms with Crippen molar-refractivity contribution in [2.24, 2.45) is 11.3 Å². The van der Waals surface area contributed by atoms with Crippen molar-refractivity contribution >= 4 is 11.8 Å². The molecule has 0 amide bonds. The summed E-state index contributed by atoms with van der Waals surface area (Å²) in [6.07, 6.45) is 2.98. The number of aliphatic carboxylic acids is 1. The van der Waals surface area contributed by atoms with Crippen molar-refractivity contribution in [3.8, 4) is 0 Å². The van der Waals surface area contributed by atoms with Crippen molar-refractivity contribution in [2.45, 2.75) is 39.5 Å². The van der Waals surface area contributed by atoms with Gasteiger partial charge < -0.3 is 5.11 Å². The second kappa shape index (κ2) is 3.48. The van der Waals surface area contributed by atoms with Crippen LogP contribution in [-0.4, -0.2) is 16.9 Å². The van der Waals surface area contributed by atoms with Crippen molar-refractivity contribution in [2.75, 3.05) is 0 Å². The Kier molecular flexibility index (Phi) is 2.74. The predicted molar refractivity (Wildman–Crippen MR) is 48.4 cm³/mol. The van der Waals surface area contributed by atoms with Gasteiger partial charge in [-0.3, -0.25) is 9.59 Å². The highest BCUT2D eigenvalue weighted by atomic mass is 16.4. The molecule has 13 heavy (non-hydrogen) atoms. The molecule has 2 atom stereocenters. The number of rotatable bonds is 2. The highest BCUT2D eigenvalue weighted by Gasteiger charge is 2.46. The van der Waals surface area contributed by atoms with Gasteiger partial charge >= 0.3 is 5.97 Å². The monoisotopic (exact) mass is 184 g/mol. The quantitative estimate of drug-likeness (QED) is 0.666. The van der Waals surface area contributed by atoms with E-state index in [0.717, 1.165) is 19.3 Å². The van der Waals surface area contributed by atoms with Crippen LogP contribution in [0.3, 0.4) is 0 Å². The Morgan fingerprint density at radius 2 is 2.31 bits per heavy atom. The molecular weight excluding hydrogens is 168 g/mol. The summed E-state index contributed by atoms with van der Waals surface area (Å²) in [5, 5.41) is 8.96. The average Bonchev–Trinajstić information content (AvgIpc) is 2.09. The molecule has 1 fully saturated rings. The molecule has 0 aromatic rings. The lowest BCUT2D eigenvalue weighted by Gasteiger charge is -2.32. The first-order valence-corrected chi connectivity index (χ1v) is 4.80. The summed E-state index contributed by atoms with van der Waals surface area (Å²) in [4.78, 5) is 22.7. The van der Waals surface area contributed by atoms with E-state index in [1.165, 1.54) is 0 Å². The van der Waals surface area contributed by atoms with E-state index in [1.807, 2.05) is 6.92 Å². The summed E-state index contributed by atoms with van der Waals surface area (Å²) in [5.74, 6) is -1.07. The Bertz CT molecular complexity index is 234. The zero-order valence-electron chi connectivity index (χ0n) is 8.17. The van der Waals surface area contributed by atoms with Crippen LogP contribution in [0.1, 0.15) is 39.5 Å². The van der Waals surface area contributed by atoms with E-state index in [4.69, 9.17) is 5.11 Å². The Hall–Kier alpha value is -0.860. The van der Waals surface area contributed by atoms with Crippen LogP contribution in [0.5, 0.6) is 0 Å². The molecule has 0 bridgehead atoms. The molecular formula is C10H16O3. The van der Waals surface area contributed by atoms with Gasteiger partial charge in [0.25, 0.3) is 0 Å². The summed E-state index contributed by atoms with van der Waals surface area (Å²) < 4.78 is 0. The lowest BCUT2D eigenvalue weighted by molar-refractivity contribution is -0.157. The van der Waals surface area contributed by atoms with Crippen LogP contribution in [0.15, 0.2) is 0 Å². The molecule has 0 saturated heterocycles. The first-order chi connectivity index (χ1) is 6.02. The summed E-state index contributed by atoms with van der Waals surface area (Å²) in [5.41, 5.74) is -1.11. The maximum absolute atomic E-state index is 11.7. The third-order valence-electron chi connectivity index (χ3n) is 3.11. The third kappa shape index (κ3) is 1.60. The number of carbonyl (C=O) groups is 2. The van der Waals surface area contributed by atoms with Crippen LogP contribution in [0, 0.1) is 11.3 Å². The number of hydrogen-bond acceptors (Lipinski definition) is 2. The fourth-order valence-electron chi connectivity index (χ4n) is 2.01. The zero-order chi connectivity index (χ0) is 10.1. The molecule has 3 heteroatoms. The van der Waals surface area contributed by atoms with Gasteiger partial charge in [-0.1, -0.05) is 13.3 Å². The van der Waals surface area contributed by atoms with E-state index in [9.17, 15) is 9.59 Å². The van der Waals surface area contributed by atoms with Crippen molar-refractivity contribution in [3.63, 3.8) is 0 Å². The van der Waals surface area contributed by atoms with E-state index in [0.29, 0.717) is 6.42 Å². The SMILES string of the molecule is CCC1CCCC(C)(C(=O)O)C1=O. The average molecular weight is 184 g/mol. The maximum Gasteiger partial charge on any atom is 0.316 e. The van der Waals surface area contributed by atoms with E-state index >= 15 is 0 Å². The molecule has 0 aromatic carbocycles. The summed E-state index contributed by atoms with van der Waals surface area (Å²) >= 11 is 0. The van der Waals surface area contributed by atoms with Gasteiger partial charge in [0, 0.05) is 5.92 Å². The van der Waals surface area contributed by atoms with Crippen LogP contribution in [0.25, 0.3) is 0 Å². The van der Waals surface area contributed by atoms with Crippen LogP contribution in [0.4, 0.5) is 0 Å². The van der Waals surface area contributed by atoms with Gasteiger partial charge in [0.1, 0.15) is 5.41 Å². The van der Waals surface area contributed by atoms with Crippen LogP contribution in [-0.2, 0) is 9.59 Å². The largest absolute Gasteiger partial charge is 0.481 e. The highest BCUT2D eigenvalue weighted by molar-refractivity contribution is 6.04. The molecule has 0 aliphatic heterocycles. The molecule has 74 valence electrons. The molecule has 0 heterocycles. The van der Waals surface area contributed by atoms with Gasteiger partial charge in [-0.05, 0) is 26.2 Å². The van der Waals surface area contributed by atoms with Crippen molar-refractivity contribution in [3.05, 3.63) is 0 Å². The molecule has 0 radical (unpaired) electrons. The molecule has 0 spiro atoms. The molecule has 1 saturated carbocycles. The van der Waals surface area contributed by atoms with Gasteiger partial charge in [-0.2, -0.15) is 0 Å². The van der Waals surface area contributed by atoms with E-state index in [1.54, 1.807) is 6.92 Å². The minimum atomic E-state index is -1.11. The lowest BCUT2D eigenvalue weighted by Crippen LogP contribution is -2.43. The zero-order valence-corrected chi connectivity index (χ0v) is 8.17. The van der Waals surface area contributed by atoms with Gasteiger partial charge in [0.2, 0.25) is 0 Å². The molecule has 0 aromatic heterocycles. The summed E-state index contributed by atoms with van der Waals surface area (Å²) in [6.45, 7) is 3.50. The fraction of sp³-hybridized carbons (Fsp3) is 0.800. The first kappa shape index (κ1) is 10.2. The summed E-state index contributed by atoms with van der Waals surface area (Å²) in [6, 6.07) is 0. The minimum Gasteiger partial charge on any atom is -0.481 e. The highest BCUT2D eigenvalue weighted by Crippen LogP contribution is 2.37. The van der Waals surface area contributed by atoms with E-state index in [-0.39, 0.29) is 11.7 Å². The van der Waals surface area contributed by atoms with Gasteiger partial charge in [0.15, 0.2) is 5.78 Å². The fourth-order valence-corrected chi connectivity index (χ4v) is 2.01. The molecule has 1 aliphatic carbocycles. The Morgan fingerprint density at radius 1 is 1.69 bits per heavy atom. The smallest absolute Gasteiger partial charge is 0.316 e. The molecule has 2 unspecified atom stereocenters. The molecule has 3 nitrogen and oxygen atoms in total. The van der Waals surface area contributed by atoms with Crippen molar-refractivity contribution in [1.29, 1.82) is 0 Å². The van der Waals surface area contributed by atoms with E-state index < -0.39 is 11.4 Å². The Labute approximate surface area is 78.1 Å². The third-order valence-corrected chi connectivity index (χ3v) is 3.11.